The Morgan fingerprint density at radius 3 is 2.48 bits per heavy atom. The largest absolute Gasteiger partial charge is 0.452 e. The standard InChI is InChI=1S/C16H20INO3/c1-11-6-5-7-12(2)18(11)15(19)10-21-16(20)13-8-3-4-9-14(13)17/h3-4,8-9,11-12H,5-7,10H2,1-2H3. The zero-order valence-electron chi connectivity index (χ0n) is 12.3. The van der Waals surface area contributed by atoms with Gasteiger partial charge in [0.25, 0.3) is 5.91 Å². The van der Waals surface area contributed by atoms with Crippen LogP contribution in [0.5, 0.6) is 0 Å². The van der Waals surface area contributed by atoms with Gasteiger partial charge in [0, 0.05) is 15.7 Å². The summed E-state index contributed by atoms with van der Waals surface area (Å²) in [4.78, 5) is 26.2. The first kappa shape index (κ1) is 16.3. The second kappa shape index (κ2) is 7.24. The molecule has 1 amide bonds. The highest BCUT2D eigenvalue weighted by atomic mass is 127. The molecule has 4 nitrogen and oxygen atoms in total. The molecule has 1 heterocycles. The molecule has 0 aromatic heterocycles. The van der Waals surface area contributed by atoms with Gasteiger partial charge in [-0.2, -0.15) is 0 Å². The zero-order chi connectivity index (χ0) is 15.4. The van der Waals surface area contributed by atoms with Crippen LogP contribution < -0.4 is 0 Å². The maximum Gasteiger partial charge on any atom is 0.339 e. The minimum Gasteiger partial charge on any atom is -0.452 e. The lowest BCUT2D eigenvalue weighted by Gasteiger charge is -2.38. The van der Waals surface area contributed by atoms with Crippen LogP contribution in [0.3, 0.4) is 0 Å². The van der Waals surface area contributed by atoms with Crippen LogP contribution in [0.2, 0.25) is 0 Å². The minimum absolute atomic E-state index is 0.103. The number of hydrogen-bond donors (Lipinski definition) is 0. The quantitative estimate of drug-likeness (QED) is 0.577. The number of amides is 1. The van der Waals surface area contributed by atoms with E-state index in [2.05, 4.69) is 36.4 Å². The van der Waals surface area contributed by atoms with Crippen LogP contribution in [-0.4, -0.2) is 35.5 Å². The Kier molecular flexibility index (Phi) is 5.61. The molecule has 1 saturated heterocycles. The SMILES string of the molecule is CC1CCCC(C)N1C(=O)COC(=O)c1ccccc1I. The lowest BCUT2D eigenvalue weighted by molar-refractivity contribution is -0.140. The fourth-order valence-electron chi connectivity index (χ4n) is 2.82. The van der Waals surface area contributed by atoms with Crippen molar-refractivity contribution in [3.05, 3.63) is 33.4 Å². The number of rotatable bonds is 3. The molecule has 0 aliphatic carbocycles. The summed E-state index contributed by atoms with van der Waals surface area (Å²) >= 11 is 2.09. The number of ether oxygens (including phenoxy) is 1. The number of benzene rings is 1. The third-order valence-electron chi connectivity index (χ3n) is 3.90. The molecule has 1 aliphatic rings. The molecule has 2 atom stereocenters. The van der Waals surface area contributed by atoms with E-state index in [1.165, 1.54) is 0 Å². The molecule has 2 unspecified atom stereocenters. The van der Waals surface area contributed by atoms with Crippen LogP contribution in [0, 0.1) is 3.57 Å². The van der Waals surface area contributed by atoms with Crippen LogP contribution >= 0.6 is 22.6 Å². The van der Waals surface area contributed by atoms with Crippen molar-refractivity contribution in [3.8, 4) is 0 Å². The topological polar surface area (TPSA) is 46.6 Å². The number of likely N-dealkylation sites (tertiary alicyclic amines) is 1. The van der Waals surface area contributed by atoms with Gasteiger partial charge < -0.3 is 9.64 Å². The van der Waals surface area contributed by atoms with Crippen molar-refractivity contribution in [2.75, 3.05) is 6.61 Å². The number of halogens is 1. The summed E-state index contributed by atoms with van der Waals surface area (Å²) < 4.78 is 6.01. The van der Waals surface area contributed by atoms with E-state index < -0.39 is 5.97 Å². The van der Waals surface area contributed by atoms with Crippen molar-refractivity contribution in [3.63, 3.8) is 0 Å². The van der Waals surface area contributed by atoms with E-state index in [1.54, 1.807) is 12.1 Å². The average molecular weight is 401 g/mol. The molecule has 1 aliphatic heterocycles. The zero-order valence-corrected chi connectivity index (χ0v) is 14.5. The van der Waals surface area contributed by atoms with Crippen molar-refractivity contribution in [1.29, 1.82) is 0 Å². The number of esters is 1. The molecule has 1 aromatic carbocycles. The lowest BCUT2D eigenvalue weighted by Crippen LogP contribution is -2.49. The molecule has 0 N–H and O–H groups in total. The van der Waals surface area contributed by atoms with Gasteiger partial charge in [0.2, 0.25) is 0 Å². The van der Waals surface area contributed by atoms with Gasteiger partial charge in [0.15, 0.2) is 6.61 Å². The first-order valence-electron chi connectivity index (χ1n) is 7.23. The smallest absolute Gasteiger partial charge is 0.339 e. The van der Waals surface area contributed by atoms with Gasteiger partial charge in [-0.3, -0.25) is 4.79 Å². The van der Waals surface area contributed by atoms with Gasteiger partial charge >= 0.3 is 5.97 Å². The predicted octanol–water partition coefficient (Wildman–Crippen LogP) is 3.24. The van der Waals surface area contributed by atoms with Crippen LogP contribution in [0.4, 0.5) is 0 Å². The second-order valence-electron chi connectivity index (χ2n) is 5.49. The Morgan fingerprint density at radius 1 is 1.24 bits per heavy atom. The molecule has 21 heavy (non-hydrogen) atoms. The van der Waals surface area contributed by atoms with Gasteiger partial charge in [-0.1, -0.05) is 12.1 Å². The molecule has 0 saturated carbocycles. The van der Waals surface area contributed by atoms with Gasteiger partial charge in [0.05, 0.1) is 5.56 Å². The normalized spacial score (nSPS) is 22.0. The first-order valence-corrected chi connectivity index (χ1v) is 8.31. The highest BCUT2D eigenvalue weighted by Gasteiger charge is 2.29. The molecule has 0 radical (unpaired) electrons. The third-order valence-corrected chi connectivity index (χ3v) is 4.84. The van der Waals surface area contributed by atoms with Crippen molar-refractivity contribution < 1.29 is 14.3 Å². The molecule has 2 rings (SSSR count). The summed E-state index contributed by atoms with van der Waals surface area (Å²) in [5.74, 6) is -0.542. The predicted molar refractivity (Wildman–Crippen MR) is 89.1 cm³/mol. The number of hydrogen-bond acceptors (Lipinski definition) is 3. The van der Waals surface area contributed by atoms with E-state index in [0.717, 1.165) is 22.8 Å². The highest BCUT2D eigenvalue weighted by Crippen LogP contribution is 2.22. The summed E-state index contributed by atoms with van der Waals surface area (Å²) in [6.07, 6.45) is 3.18. The fraction of sp³-hybridized carbons (Fsp3) is 0.500. The Bertz CT molecular complexity index is 522. The van der Waals surface area contributed by atoms with Crippen molar-refractivity contribution in [2.24, 2.45) is 0 Å². The summed E-state index contributed by atoms with van der Waals surface area (Å²) in [6, 6.07) is 7.64. The molecule has 1 fully saturated rings. The van der Waals surface area contributed by atoms with Crippen LogP contribution in [0.1, 0.15) is 43.5 Å². The van der Waals surface area contributed by atoms with E-state index >= 15 is 0 Å². The first-order chi connectivity index (χ1) is 10.0. The number of piperidine rings is 1. The Morgan fingerprint density at radius 2 is 1.86 bits per heavy atom. The number of nitrogens with zero attached hydrogens (tertiary/aromatic N) is 1. The van der Waals surface area contributed by atoms with Crippen LogP contribution in [0.15, 0.2) is 24.3 Å². The second-order valence-corrected chi connectivity index (χ2v) is 6.65. The number of carbonyl (C=O) groups is 2. The van der Waals surface area contributed by atoms with E-state index in [0.29, 0.717) is 5.56 Å². The molecule has 5 heteroatoms. The number of carbonyl (C=O) groups excluding carboxylic acids is 2. The Labute approximate surface area is 139 Å². The van der Waals surface area contributed by atoms with Gasteiger partial charge in [-0.15, -0.1) is 0 Å². The van der Waals surface area contributed by atoms with Gasteiger partial charge in [-0.05, 0) is 67.8 Å². The molecular weight excluding hydrogens is 381 g/mol. The van der Waals surface area contributed by atoms with Crippen molar-refractivity contribution in [2.45, 2.75) is 45.2 Å². The minimum atomic E-state index is -0.439. The molecule has 1 aromatic rings. The van der Waals surface area contributed by atoms with Crippen molar-refractivity contribution >= 4 is 34.5 Å². The maximum atomic E-state index is 12.3. The summed E-state index contributed by atoms with van der Waals surface area (Å²) in [6.45, 7) is 3.92. The molecular formula is C16H20INO3. The van der Waals surface area contributed by atoms with Crippen LogP contribution in [0.25, 0.3) is 0 Å². The molecule has 114 valence electrons. The summed E-state index contributed by atoms with van der Waals surface area (Å²) in [5, 5.41) is 0. The summed E-state index contributed by atoms with van der Waals surface area (Å²) in [7, 11) is 0. The van der Waals surface area contributed by atoms with Crippen molar-refractivity contribution in [1.82, 2.24) is 4.90 Å². The average Bonchev–Trinajstić information content (AvgIpc) is 2.45. The monoisotopic (exact) mass is 401 g/mol. The van der Waals surface area contributed by atoms with E-state index in [-0.39, 0.29) is 24.6 Å². The van der Waals surface area contributed by atoms with E-state index in [1.807, 2.05) is 17.0 Å². The third kappa shape index (κ3) is 3.96. The van der Waals surface area contributed by atoms with Gasteiger partial charge in [-0.25, -0.2) is 4.79 Å². The van der Waals surface area contributed by atoms with Gasteiger partial charge in [0.1, 0.15) is 0 Å². The van der Waals surface area contributed by atoms with E-state index in [4.69, 9.17) is 4.74 Å². The van der Waals surface area contributed by atoms with Crippen LogP contribution in [-0.2, 0) is 9.53 Å². The summed E-state index contributed by atoms with van der Waals surface area (Å²) in [5.41, 5.74) is 0.505. The molecule has 0 bridgehead atoms. The fourth-order valence-corrected chi connectivity index (χ4v) is 3.43. The molecule has 0 spiro atoms. The maximum absolute atomic E-state index is 12.3. The highest BCUT2D eigenvalue weighted by molar-refractivity contribution is 14.1. The van der Waals surface area contributed by atoms with E-state index in [9.17, 15) is 9.59 Å². The lowest BCUT2D eigenvalue weighted by atomic mass is 9.97. The Balaban J connectivity index is 1.95. The Hall–Kier alpha value is -1.11.